The molecule has 0 saturated heterocycles. The zero-order chi connectivity index (χ0) is 17.4. The molecule has 144 valence electrons. The van der Waals surface area contributed by atoms with Gasteiger partial charge in [0.05, 0.1) is 0 Å². The van der Waals surface area contributed by atoms with Crippen LogP contribution >= 0.6 is 24.8 Å². The molecule has 1 aromatic carbocycles. The monoisotopic (exact) mass is 504 g/mol. The molecule has 3 rings (SSSR count). The zero-order valence-corrected chi connectivity index (χ0v) is 22.8. The number of halogens is 2. The second-order valence-electron chi connectivity index (χ2n) is 8.90. The number of hydrogen-bond acceptors (Lipinski definition) is 1. The van der Waals surface area contributed by atoms with Crippen LogP contribution in [0.2, 0.25) is 28.4 Å². The predicted octanol–water partition coefficient (Wildman–Crippen LogP) is 6.00. The first-order chi connectivity index (χ1) is 11.2. The van der Waals surface area contributed by atoms with E-state index in [2.05, 4.69) is 85.8 Å². The van der Waals surface area contributed by atoms with E-state index >= 15 is 0 Å². The third-order valence-corrected chi connectivity index (χ3v) is 29.5. The van der Waals surface area contributed by atoms with Crippen molar-refractivity contribution in [1.82, 2.24) is 0 Å². The molecule has 0 saturated carbocycles. The molecule has 0 radical (unpaired) electrons. The number of fused-ring (bicyclic) bond motifs is 1. The zero-order valence-electron chi connectivity index (χ0n) is 16.3. The molecule has 1 nitrogen and oxygen atoms in total. The molecule has 0 bridgehead atoms. The third-order valence-electron chi connectivity index (χ3n) is 5.77. The summed E-state index contributed by atoms with van der Waals surface area (Å²) in [5, 5.41) is 0. The largest absolute Gasteiger partial charge is 0.147 e. The number of benzene rings is 1. The van der Waals surface area contributed by atoms with Gasteiger partial charge in [0.2, 0.25) is 0 Å². The third kappa shape index (κ3) is 4.82. The van der Waals surface area contributed by atoms with Crippen molar-refractivity contribution in [3.8, 4) is 0 Å². The van der Waals surface area contributed by atoms with E-state index in [0.29, 0.717) is 3.63 Å². The van der Waals surface area contributed by atoms with Crippen molar-refractivity contribution in [2.75, 3.05) is 6.61 Å². The van der Waals surface area contributed by atoms with Crippen LogP contribution in [-0.4, -0.2) is 21.8 Å². The summed E-state index contributed by atoms with van der Waals surface area (Å²) in [5.41, 5.74) is 2.98. The van der Waals surface area contributed by atoms with E-state index in [4.69, 9.17) is 4.43 Å². The topological polar surface area (TPSA) is 9.23 Å². The van der Waals surface area contributed by atoms with E-state index in [1.54, 1.807) is 8.84 Å². The van der Waals surface area contributed by atoms with Gasteiger partial charge in [-0.05, 0) is 0 Å². The van der Waals surface area contributed by atoms with Crippen LogP contribution in [0.4, 0.5) is 0 Å². The average molecular weight is 507 g/mol. The second-order valence-corrected chi connectivity index (χ2v) is 41.2. The normalized spacial score (nSPS) is 18.8. The van der Waals surface area contributed by atoms with Crippen LogP contribution in [0.25, 0.3) is 6.08 Å². The van der Waals surface area contributed by atoms with Gasteiger partial charge in [0.15, 0.2) is 0 Å². The van der Waals surface area contributed by atoms with Crippen molar-refractivity contribution in [2.45, 2.75) is 38.4 Å². The van der Waals surface area contributed by atoms with Gasteiger partial charge in [-0.1, -0.05) is 0 Å². The Kier molecular flexibility index (Phi) is 8.20. The van der Waals surface area contributed by atoms with E-state index in [9.17, 15) is 0 Å². The van der Waals surface area contributed by atoms with E-state index in [1.165, 1.54) is 9.69 Å². The van der Waals surface area contributed by atoms with Crippen LogP contribution in [0.15, 0.2) is 51.9 Å². The Morgan fingerprint density at radius 1 is 1.19 bits per heavy atom. The summed E-state index contributed by atoms with van der Waals surface area (Å²) >= 11 is -3.17. The molecule has 0 N–H and O–H groups in total. The van der Waals surface area contributed by atoms with Gasteiger partial charge in [-0.3, -0.25) is 0 Å². The molecule has 0 amide bonds. The van der Waals surface area contributed by atoms with Gasteiger partial charge in [0.1, 0.15) is 0 Å². The Balaban J connectivity index is 0.00000169. The summed E-state index contributed by atoms with van der Waals surface area (Å²) in [6.45, 7) is 10.2. The summed E-state index contributed by atoms with van der Waals surface area (Å²) in [4.78, 5) is 0. The van der Waals surface area contributed by atoms with Gasteiger partial charge in [0, 0.05) is 0 Å². The van der Waals surface area contributed by atoms with E-state index in [-0.39, 0.29) is 24.8 Å². The molecule has 0 aromatic heterocycles. The van der Waals surface area contributed by atoms with E-state index in [0.717, 1.165) is 13.0 Å². The first-order valence-corrected chi connectivity index (χ1v) is 25.2. The molecule has 26 heavy (non-hydrogen) atoms. The Bertz CT molecular complexity index is 808. The molecule has 2 aliphatic rings. The van der Waals surface area contributed by atoms with Crippen molar-refractivity contribution < 1.29 is 21.8 Å². The molecule has 2 aliphatic carbocycles. The fraction of sp³-hybridized carbons (Fsp3) is 0.400. The molecule has 0 spiro atoms. The molecular weight excluding hydrogens is 475 g/mol. The van der Waals surface area contributed by atoms with Gasteiger partial charge in [-0.2, -0.15) is 0 Å². The second kappa shape index (κ2) is 8.76. The van der Waals surface area contributed by atoms with Gasteiger partial charge < -0.3 is 0 Å². The van der Waals surface area contributed by atoms with Crippen LogP contribution < -0.4 is 0 Å². The quantitative estimate of drug-likeness (QED) is 0.430. The first kappa shape index (κ1) is 24.3. The van der Waals surface area contributed by atoms with Crippen molar-refractivity contribution in [2.24, 2.45) is 0 Å². The minimum atomic E-state index is -3.17. The first-order valence-electron chi connectivity index (χ1n) is 9.03. The minimum Gasteiger partial charge on any atom is -0.147 e. The summed E-state index contributed by atoms with van der Waals surface area (Å²) in [5.74, 6) is 0. The summed E-state index contributed by atoms with van der Waals surface area (Å²) in [7, 11) is -1.46. The van der Waals surface area contributed by atoms with Crippen molar-refractivity contribution in [3.05, 3.63) is 63.0 Å². The number of hydrogen-bond donors (Lipinski definition) is 0. The summed E-state index contributed by atoms with van der Waals surface area (Å²) in [6, 6.07) is 8.99. The Hall–Kier alpha value is 0.297. The Labute approximate surface area is 174 Å². The van der Waals surface area contributed by atoms with Crippen molar-refractivity contribution >= 4 is 46.1 Å². The smallest absolute Gasteiger partial charge is 0.147 e. The molecule has 1 aromatic rings. The molecule has 0 fully saturated rings. The molecule has 0 aliphatic heterocycles. The van der Waals surface area contributed by atoms with Crippen LogP contribution in [0.1, 0.15) is 21.2 Å². The molecule has 6 heteroatoms. The van der Waals surface area contributed by atoms with Gasteiger partial charge in [0.25, 0.3) is 0 Å². The van der Waals surface area contributed by atoms with Crippen molar-refractivity contribution in [1.29, 1.82) is 0 Å². The maximum Gasteiger partial charge on any atom is -0.147 e. The maximum atomic E-state index is 6.32. The molecule has 1 unspecified atom stereocenters. The number of rotatable bonds is 6. The Morgan fingerprint density at radius 2 is 1.88 bits per heavy atom. The summed E-state index contributed by atoms with van der Waals surface area (Å²) in [6.07, 6.45) is 13.1. The molecule has 1 atom stereocenters. The number of allylic oxidation sites excluding steroid dienone is 5. The van der Waals surface area contributed by atoms with Crippen LogP contribution in [0, 0.1) is 0 Å². The van der Waals surface area contributed by atoms with E-state index < -0.39 is 25.7 Å². The maximum absolute atomic E-state index is 6.32. The van der Waals surface area contributed by atoms with Crippen LogP contribution in [0.3, 0.4) is 0 Å². The fourth-order valence-electron chi connectivity index (χ4n) is 4.14. The molecule has 0 heterocycles. The van der Waals surface area contributed by atoms with Gasteiger partial charge in [-0.15, -0.1) is 24.8 Å². The van der Waals surface area contributed by atoms with Crippen molar-refractivity contribution in [3.63, 3.8) is 0 Å². The molecular formula is C20H32Cl2OSi2Zr. The van der Waals surface area contributed by atoms with Crippen LogP contribution in [-0.2, 0) is 21.8 Å². The Morgan fingerprint density at radius 3 is 2.50 bits per heavy atom. The van der Waals surface area contributed by atoms with Gasteiger partial charge in [-0.25, -0.2) is 0 Å². The standard InChI is InChI=1S/C9H7.C5H13OSi.C5H5.CH3.2ClH.H2Si.Zr/c1-2-5-9-7-3-6-8(9)4-1;1-5-6-7(2,3)4;1-2-4-5-3-1;;;;;/h1-7H;1,5H2,2-4H3;1-3H,4H2;1H3;2*1H;1H2;. The summed E-state index contributed by atoms with van der Waals surface area (Å²) < 4.78 is 12.6. The fourth-order valence-corrected chi connectivity index (χ4v) is 21.8. The van der Waals surface area contributed by atoms with Crippen LogP contribution in [0.5, 0.6) is 0 Å². The predicted molar refractivity (Wildman–Crippen MR) is 123 cm³/mol. The average Bonchev–Trinajstić information content (AvgIpc) is 3.16. The minimum absolute atomic E-state index is 0. The van der Waals surface area contributed by atoms with E-state index in [1.807, 2.05) is 0 Å². The van der Waals surface area contributed by atoms with Gasteiger partial charge >= 0.3 is 151 Å². The SMILES string of the molecule is C[Si](C)(C)OC[CH2][Zr]([CH3])(=[SiH2])([C]1=CC=CC1)[CH]1C=Cc2ccccc21.Cl.Cl.